The van der Waals surface area contributed by atoms with Gasteiger partial charge in [-0.1, -0.05) is 59.2 Å². The Morgan fingerprint density at radius 2 is 1.37 bits per heavy atom. The fourth-order valence-corrected chi connectivity index (χ4v) is 4.25. The Morgan fingerprint density at radius 3 is 1.83 bits per heavy atom. The van der Waals surface area contributed by atoms with Gasteiger partial charge in [0.15, 0.2) is 5.13 Å². The third kappa shape index (κ3) is 5.25. The first-order valence-electron chi connectivity index (χ1n) is 10.1. The molecule has 30 heavy (non-hydrogen) atoms. The number of halogens is 1. The van der Waals surface area contributed by atoms with Gasteiger partial charge in [0.2, 0.25) is 0 Å². The van der Waals surface area contributed by atoms with Crippen LogP contribution in [0.15, 0.2) is 36.4 Å². The highest BCUT2D eigenvalue weighted by molar-refractivity contribution is 8.93. The minimum absolute atomic E-state index is 0. The number of phenols is 1. The summed E-state index contributed by atoms with van der Waals surface area (Å²) >= 11 is 1.65. The Balaban J connectivity index is 0.00000320. The van der Waals surface area contributed by atoms with Crippen molar-refractivity contribution in [2.45, 2.75) is 66.2 Å². The van der Waals surface area contributed by atoms with Crippen LogP contribution in [-0.4, -0.2) is 10.1 Å². The topological polar surface area (TPSA) is 45.2 Å². The summed E-state index contributed by atoms with van der Waals surface area (Å²) in [5.41, 5.74) is 5.90. The van der Waals surface area contributed by atoms with Crippen molar-refractivity contribution in [3.63, 3.8) is 0 Å². The van der Waals surface area contributed by atoms with Gasteiger partial charge in [0.1, 0.15) is 5.75 Å². The van der Waals surface area contributed by atoms with Crippen molar-refractivity contribution in [1.82, 2.24) is 4.98 Å². The molecule has 0 aliphatic carbocycles. The van der Waals surface area contributed by atoms with Crippen LogP contribution in [0.5, 0.6) is 5.75 Å². The molecule has 0 fully saturated rings. The molecule has 5 heteroatoms. The number of nitrogens with zero attached hydrogens (tertiary/aromatic N) is 1. The van der Waals surface area contributed by atoms with Gasteiger partial charge in [-0.05, 0) is 48.9 Å². The molecule has 0 saturated heterocycles. The maximum Gasteiger partial charge on any atom is 0.187 e. The van der Waals surface area contributed by atoms with Crippen molar-refractivity contribution in [1.29, 1.82) is 0 Å². The second-order valence-electron chi connectivity index (χ2n) is 9.83. The number of thiazole rings is 1. The van der Waals surface area contributed by atoms with Crippen molar-refractivity contribution in [3.05, 3.63) is 58.0 Å². The standard InChI is InChI=1S/C25H32N2OS.BrH/c1-15-9-11-18(12-10-15)26-23-27-21(16(2)29-23)17-13-19(24(3,4)5)22(28)20(14-17)25(6,7)8;/h9-14,28H,1-8H3,(H,26,27);1H. The lowest BCUT2D eigenvalue weighted by Crippen LogP contribution is -2.17. The fourth-order valence-electron chi connectivity index (χ4n) is 3.39. The lowest BCUT2D eigenvalue weighted by atomic mass is 9.78. The van der Waals surface area contributed by atoms with Crippen molar-refractivity contribution >= 4 is 39.1 Å². The summed E-state index contributed by atoms with van der Waals surface area (Å²) in [6.07, 6.45) is 0. The van der Waals surface area contributed by atoms with E-state index in [2.05, 4.69) is 97.1 Å². The van der Waals surface area contributed by atoms with E-state index in [9.17, 15) is 5.11 Å². The molecule has 0 aliphatic rings. The Kier molecular flexibility index (Phi) is 7.10. The number of phenolic OH excluding ortho intramolecular Hbond substituents is 1. The number of hydrogen-bond acceptors (Lipinski definition) is 4. The van der Waals surface area contributed by atoms with E-state index in [1.807, 2.05) is 0 Å². The van der Waals surface area contributed by atoms with Gasteiger partial charge >= 0.3 is 0 Å². The smallest absolute Gasteiger partial charge is 0.187 e. The monoisotopic (exact) mass is 488 g/mol. The molecule has 0 radical (unpaired) electrons. The summed E-state index contributed by atoms with van der Waals surface area (Å²) in [5, 5.41) is 15.3. The molecule has 162 valence electrons. The first-order chi connectivity index (χ1) is 13.4. The number of aryl methyl sites for hydroxylation is 2. The molecule has 0 amide bonds. The van der Waals surface area contributed by atoms with Crippen LogP contribution in [-0.2, 0) is 10.8 Å². The fraction of sp³-hybridized carbons (Fsp3) is 0.400. The van der Waals surface area contributed by atoms with Gasteiger partial charge in [-0.15, -0.1) is 28.3 Å². The number of rotatable bonds is 3. The van der Waals surface area contributed by atoms with E-state index in [-0.39, 0.29) is 27.8 Å². The molecular formula is C25H33BrN2OS. The second-order valence-corrected chi connectivity index (χ2v) is 11.0. The van der Waals surface area contributed by atoms with E-state index in [0.29, 0.717) is 5.75 Å². The number of anilines is 2. The number of aromatic nitrogens is 1. The molecule has 2 aromatic carbocycles. The third-order valence-corrected chi connectivity index (χ3v) is 5.99. The molecule has 2 N–H and O–H groups in total. The van der Waals surface area contributed by atoms with Gasteiger partial charge in [0.05, 0.1) is 5.69 Å². The molecule has 0 unspecified atom stereocenters. The van der Waals surface area contributed by atoms with Crippen LogP contribution < -0.4 is 5.32 Å². The van der Waals surface area contributed by atoms with E-state index >= 15 is 0 Å². The van der Waals surface area contributed by atoms with E-state index in [1.54, 1.807) is 11.3 Å². The molecule has 0 aliphatic heterocycles. The molecule has 0 atom stereocenters. The summed E-state index contributed by atoms with van der Waals surface area (Å²) in [6, 6.07) is 12.5. The van der Waals surface area contributed by atoms with Crippen molar-refractivity contribution < 1.29 is 5.11 Å². The highest BCUT2D eigenvalue weighted by atomic mass is 79.9. The molecule has 1 aromatic heterocycles. The van der Waals surface area contributed by atoms with Gasteiger partial charge in [0.25, 0.3) is 0 Å². The first kappa shape index (κ1) is 24.4. The SMILES string of the molecule is Br.Cc1ccc(Nc2nc(-c3cc(C(C)(C)C)c(O)c(C(C)(C)C)c3)c(C)s2)cc1. The van der Waals surface area contributed by atoms with Crippen molar-refractivity contribution in [2.24, 2.45) is 0 Å². The van der Waals surface area contributed by atoms with Crippen LogP contribution in [0.1, 0.15) is 63.1 Å². The van der Waals surface area contributed by atoms with Crippen LogP contribution in [0, 0.1) is 13.8 Å². The molecule has 3 aromatic rings. The van der Waals surface area contributed by atoms with E-state index in [1.165, 1.54) is 5.56 Å². The average Bonchev–Trinajstić information content (AvgIpc) is 2.95. The van der Waals surface area contributed by atoms with Crippen LogP contribution in [0.25, 0.3) is 11.3 Å². The molecule has 0 spiro atoms. The molecular weight excluding hydrogens is 456 g/mol. The normalized spacial score (nSPS) is 11.9. The quantitative estimate of drug-likeness (QED) is 0.391. The maximum atomic E-state index is 11.0. The lowest BCUT2D eigenvalue weighted by molar-refractivity contribution is 0.423. The number of hydrogen-bond donors (Lipinski definition) is 2. The van der Waals surface area contributed by atoms with Crippen LogP contribution in [0.2, 0.25) is 0 Å². The molecule has 1 heterocycles. The first-order valence-corrected chi connectivity index (χ1v) is 10.9. The molecule has 3 rings (SSSR count). The summed E-state index contributed by atoms with van der Waals surface area (Å²) in [6.45, 7) is 17.0. The highest BCUT2D eigenvalue weighted by Crippen LogP contribution is 2.43. The summed E-state index contributed by atoms with van der Waals surface area (Å²) in [7, 11) is 0. The zero-order valence-electron chi connectivity index (χ0n) is 19.2. The zero-order valence-corrected chi connectivity index (χ0v) is 21.7. The second kappa shape index (κ2) is 8.72. The Morgan fingerprint density at radius 1 is 0.867 bits per heavy atom. The minimum Gasteiger partial charge on any atom is -0.507 e. The molecule has 0 saturated carbocycles. The number of nitrogens with one attached hydrogen (secondary N) is 1. The van der Waals surface area contributed by atoms with Gasteiger partial charge < -0.3 is 10.4 Å². The average molecular weight is 490 g/mol. The predicted molar refractivity (Wildman–Crippen MR) is 136 cm³/mol. The molecule has 3 nitrogen and oxygen atoms in total. The van der Waals surface area contributed by atoms with Crippen LogP contribution in [0.3, 0.4) is 0 Å². The maximum absolute atomic E-state index is 11.0. The minimum atomic E-state index is -0.160. The van der Waals surface area contributed by atoms with Crippen molar-refractivity contribution in [2.75, 3.05) is 5.32 Å². The van der Waals surface area contributed by atoms with E-state index in [4.69, 9.17) is 4.98 Å². The van der Waals surface area contributed by atoms with Gasteiger partial charge in [-0.25, -0.2) is 4.98 Å². The largest absolute Gasteiger partial charge is 0.507 e. The van der Waals surface area contributed by atoms with Gasteiger partial charge in [-0.3, -0.25) is 0 Å². The lowest BCUT2D eigenvalue weighted by Gasteiger charge is -2.28. The summed E-state index contributed by atoms with van der Waals surface area (Å²) in [5.74, 6) is 0.402. The zero-order chi connectivity index (χ0) is 21.6. The Bertz CT molecular complexity index is 990. The summed E-state index contributed by atoms with van der Waals surface area (Å²) in [4.78, 5) is 6.06. The van der Waals surface area contributed by atoms with E-state index in [0.717, 1.165) is 38.1 Å². The Hall–Kier alpha value is -1.85. The highest BCUT2D eigenvalue weighted by Gasteiger charge is 2.27. The Labute approximate surface area is 195 Å². The predicted octanol–water partition coefficient (Wildman–Crippen LogP) is 8.05. The van der Waals surface area contributed by atoms with E-state index < -0.39 is 0 Å². The summed E-state index contributed by atoms with van der Waals surface area (Å²) < 4.78 is 0. The third-order valence-electron chi connectivity index (χ3n) is 5.10. The molecule has 0 bridgehead atoms. The van der Waals surface area contributed by atoms with Gasteiger partial charge in [-0.2, -0.15) is 0 Å². The van der Waals surface area contributed by atoms with Crippen LogP contribution >= 0.6 is 28.3 Å². The van der Waals surface area contributed by atoms with Gasteiger partial charge in [0, 0.05) is 27.3 Å². The number of benzene rings is 2. The van der Waals surface area contributed by atoms with Crippen molar-refractivity contribution in [3.8, 4) is 17.0 Å². The number of aromatic hydroxyl groups is 1. The van der Waals surface area contributed by atoms with Crippen LogP contribution in [0.4, 0.5) is 10.8 Å².